The third-order valence-electron chi connectivity index (χ3n) is 2.75. The summed E-state index contributed by atoms with van der Waals surface area (Å²) in [5, 5.41) is 2.36. The van der Waals surface area contributed by atoms with Gasteiger partial charge in [-0.3, -0.25) is 4.79 Å². The lowest BCUT2D eigenvalue weighted by molar-refractivity contribution is 0.101. The number of benzene rings is 2. The number of nitrogens with one attached hydrogen (secondary N) is 1. The quantitative estimate of drug-likeness (QED) is 0.708. The molecule has 0 aromatic heterocycles. The van der Waals surface area contributed by atoms with Crippen LogP contribution in [0.5, 0.6) is 0 Å². The summed E-state index contributed by atoms with van der Waals surface area (Å²) in [7, 11) is 0. The van der Waals surface area contributed by atoms with Crippen LogP contribution in [-0.2, 0) is 0 Å². The highest BCUT2D eigenvalue weighted by Gasteiger charge is 2.19. The Balaban J connectivity index is 2.37. The van der Waals surface area contributed by atoms with Crippen LogP contribution < -0.4 is 5.32 Å². The molecule has 0 aliphatic carbocycles. The van der Waals surface area contributed by atoms with E-state index in [9.17, 15) is 18.0 Å². The second-order valence-electron chi connectivity index (χ2n) is 4.28. The number of carbonyl (C=O) groups excluding carboxylic acids is 1. The van der Waals surface area contributed by atoms with E-state index in [-0.39, 0.29) is 14.6 Å². The Labute approximate surface area is 135 Å². The Hall–Kier alpha value is -1.34. The van der Waals surface area contributed by atoms with Crippen LogP contribution in [-0.4, -0.2) is 5.91 Å². The normalized spacial score (nSPS) is 10.6. The van der Waals surface area contributed by atoms with E-state index < -0.39 is 28.9 Å². The molecule has 0 aliphatic rings. The molecule has 2 rings (SSSR count). The van der Waals surface area contributed by atoms with Gasteiger partial charge < -0.3 is 5.32 Å². The molecule has 1 amide bonds. The number of anilines is 1. The second-order valence-corrected chi connectivity index (χ2v) is 6.05. The Kier molecular flexibility index (Phi) is 4.73. The summed E-state index contributed by atoms with van der Waals surface area (Å²) in [6, 6.07) is 4.52. The number of aryl methyl sites for hydroxylation is 1. The van der Waals surface area contributed by atoms with Crippen LogP contribution in [0, 0.1) is 24.4 Å². The van der Waals surface area contributed by atoms with Crippen molar-refractivity contribution in [3.8, 4) is 0 Å². The summed E-state index contributed by atoms with van der Waals surface area (Å²) in [5.41, 5.74) is -0.00461. The lowest BCUT2D eigenvalue weighted by Crippen LogP contribution is -2.16. The van der Waals surface area contributed by atoms with E-state index in [1.165, 1.54) is 12.1 Å². The van der Waals surface area contributed by atoms with Crippen LogP contribution in [0.15, 0.2) is 33.2 Å². The van der Waals surface area contributed by atoms with Gasteiger partial charge in [-0.25, -0.2) is 13.2 Å². The monoisotopic (exact) mass is 421 g/mol. The zero-order chi connectivity index (χ0) is 15.7. The number of rotatable bonds is 2. The van der Waals surface area contributed by atoms with Gasteiger partial charge in [0.2, 0.25) is 0 Å². The minimum atomic E-state index is -0.988. The molecule has 2 nitrogen and oxygen atoms in total. The van der Waals surface area contributed by atoms with Crippen molar-refractivity contribution in [1.82, 2.24) is 0 Å². The molecule has 0 spiro atoms. The molecule has 21 heavy (non-hydrogen) atoms. The van der Waals surface area contributed by atoms with Crippen LogP contribution in [0.4, 0.5) is 18.9 Å². The van der Waals surface area contributed by atoms with E-state index >= 15 is 0 Å². The van der Waals surface area contributed by atoms with Gasteiger partial charge in [0.25, 0.3) is 5.91 Å². The van der Waals surface area contributed by atoms with E-state index in [1.807, 2.05) is 0 Å². The van der Waals surface area contributed by atoms with Crippen molar-refractivity contribution in [2.75, 3.05) is 5.32 Å². The maximum atomic E-state index is 13.7. The van der Waals surface area contributed by atoms with Crippen LogP contribution in [0.25, 0.3) is 0 Å². The first-order chi connectivity index (χ1) is 9.79. The van der Waals surface area contributed by atoms with Crippen LogP contribution >= 0.6 is 31.9 Å². The molecule has 0 saturated heterocycles. The molecule has 0 heterocycles. The van der Waals surface area contributed by atoms with Crippen molar-refractivity contribution >= 4 is 43.5 Å². The van der Waals surface area contributed by atoms with Gasteiger partial charge in [0, 0.05) is 10.2 Å². The zero-order valence-electron chi connectivity index (χ0n) is 10.6. The summed E-state index contributed by atoms with van der Waals surface area (Å²) in [6.07, 6.45) is 0. The summed E-state index contributed by atoms with van der Waals surface area (Å²) < 4.78 is 41.1. The molecule has 0 radical (unpaired) electrons. The molecule has 2 aromatic carbocycles. The first kappa shape index (κ1) is 16.0. The highest BCUT2D eigenvalue weighted by molar-refractivity contribution is 9.10. The van der Waals surface area contributed by atoms with Gasteiger partial charge in [-0.15, -0.1) is 0 Å². The van der Waals surface area contributed by atoms with Gasteiger partial charge in [-0.2, -0.15) is 0 Å². The number of halogens is 5. The molecular weight excluding hydrogens is 415 g/mol. The number of hydrogen-bond acceptors (Lipinski definition) is 1. The molecule has 0 saturated carbocycles. The fraction of sp³-hybridized carbons (Fsp3) is 0.0714. The fourth-order valence-corrected chi connectivity index (χ4v) is 2.47. The minimum Gasteiger partial charge on any atom is -0.322 e. The number of amides is 1. The van der Waals surface area contributed by atoms with Crippen LogP contribution in [0.3, 0.4) is 0 Å². The molecule has 0 atom stereocenters. The molecule has 7 heteroatoms. The third-order valence-corrected chi connectivity index (χ3v) is 3.81. The van der Waals surface area contributed by atoms with Gasteiger partial charge in [-0.1, -0.05) is 15.9 Å². The molecule has 0 aliphatic heterocycles. The minimum absolute atomic E-state index is 0.139. The van der Waals surface area contributed by atoms with Gasteiger partial charge in [0.05, 0.1) is 4.47 Å². The third kappa shape index (κ3) is 3.47. The lowest BCUT2D eigenvalue weighted by Gasteiger charge is -2.11. The Morgan fingerprint density at radius 3 is 2.14 bits per heavy atom. The Bertz CT molecular complexity index is 711. The Morgan fingerprint density at radius 2 is 1.57 bits per heavy atom. The van der Waals surface area contributed by atoms with Gasteiger partial charge >= 0.3 is 0 Å². The van der Waals surface area contributed by atoms with Crippen LogP contribution in [0.2, 0.25) is 0 Å². The van der Waals surface area contributed by atoms with Crippen molar-refractivity contribution < 1.29 is 18.0 Å². The first-order valence-corrected chi connectivity index (χ1v) is 7.29. The molecule has 0 unspecified atom stereocenters. The van der Waals surface area contributed by atoms with E-state index in [0.717, 1.165) is 12.1 Å². The van der Waals surface area contributed by atoms with E-state index in [2.05, 4.69) is 37.2 Å². The first-order valence-electron chi connectivity index (χ1n) is 5.71. The zero-order valence-corrected chi connectivity index (χ0v) is 13.8. The predicted octanol–water partition coefficient (Wildman–Crippen LogP) is 5.19. The summed E-state index contributed by atoms with van der Waals surface area (Å²) in [5.74, 6) is -3.41. The van der Waals surface area contributed by atoms with Gasteiger partial charge in [-0.05, 0) is 52.7 Å². The largest absolute Gasteiger partial charge is 0.322 e. The second kappa shape index (κ2) is 6.19. The predicted molar refractivity (Wildman–Crippen MR) is 80.8 cm³/mol. The maximum Gasteiger partial charge on any atom is 0.261 e. The summed E-state index contributed by atoms with van der Waals surface area (Å²) in [4.78, 5) is 12.0. The smallest absolute Gasteiger partial charge is 0.261 e. The van der Waals surface area contributed by atoms with Crippen LogP contribution in [0.1, 0.15) is 15.9 Å². The standard InChI is InChI=1S/C14H8Br2F3NO/c1-6-2-9(17)8(16)5-12(6)20-14(21)13-10(18)3-7(15)4-11(13)19/h2-5H,1H3,(H,20,21). The molecule has 0 fully saturated rings. The average molecular weight is 423 g/mol. The van der Waals surface area contributed by atoms with Gasteiger partial charge in [0.15, 0.2) is 0 Å². The van der Waals surface area contributed by atoms with Crippen molar-refractivity contribution in [3.63, 3.8) is 0 Å². The molecule has 110 valence electrons. The SMILES string of the molecule is Cc1cc(F)c(Br)cc1NC(=O)c1c(F)cc(Br)cc1F. The van der Waals surface area contributed by atoms with E-state index in [4.69, 9.17) is 0 Å². The molecule has 2 aromatic rings. The number of hydrogen-bond donors (Lipinski definition) is 1. The highest BCUT2D eigenvalue weighted by atomic mass is 79.9. The maximum absolute atomic E-state index is 13.7. The van der Waals surface area contributed by atoms with Crippen molar-refractivity contribution in [2.45, 2.75) is 6.92 Å². The topological polar surface area (TPSA) is 29.1 Å². The molecule has 1 N–H and O–H groups in total. The lowest BCUT2D eigenvalue weighted by atomic mass is 10.1. The van der Waals surface area contributed by atoms with Crippen molar-refractivity contribution in [3.05, 3.63) is 61.8 Å². The fourth-order valence-electron chi connectivity index (χ4n) is 1.72. The molecular formula is C14H8Br2F3NO. The summed E-state index contributed by atoms with van der Waals surface area (Å²) in [6.45, 7) is 1.57. The van der Waals surface area contributed by atoms with Crippen molar-refractivity contribution in [2.24, 2.45) is 0 Å². The summed E-state index contributed by atoms with van der Waals surface area (Å²) >= 11 is 5.92. The molecule has 0 bridgehead atoms. The Morgan fingerprint density at radius 1 is 1.00 bits per heavy atom. The average Bonchev–Trinajstić information content (AvgIpc) is 2.34. The highest BCUT2D eigenvalue weighted by Crippen LogP contribution is 2.26. The van der Waals surface area contributed by atoms with Gasteiger partial charge in [0.1, 0.15) is 23.0 Å². The van der Waals surface area contributed by atoms with Crippen molar-refractivity contribution in [1.29, 1.82) is 0 Å². The van der Waals surface area contributed by atoms with E-state index in [1.54, 1.807) is 6.92 Å². The van der Waals surface area contributed by atoms with E-state index in [0.29, 0.717) is 5.56 Å². The number of carbonyl (C=O) groups is 1.